The fourth-order valence-corrected chi connectivity index (χ4v) is 7.92. The van der Waals surface area contributed by atoms with E-state index in [2.05, 4.69) is 69.4 Å². The fraction of sp³-hybridized carbons (Fsp3) is 0.810. The lowest BCUT2D eigenvalue weighted by Gasteiger charge is -2.18. The third-order valence-electron chi connectivity index (χ3n) is 12.1. The third kappa shape index (κ3) is 50.4. The van der Waals surface area contributed by atoms with Gasteiger partial charge < -0.3 is 14.2 Å². The molecule has 0 heterocycles. The summed E-state index contributed by atoms with van der Waals surface area (Å²) < 4.78 is 16.8. The molecule has 372 valence electrons. The summed E-state index contributed by atoms with van der Waals surface area (Å²) in [4.78, 5) is 37.9. The average Bonchev–Trinajstić information content (AvgIpc) is 3.29. The standard InChI is InChI=1S/C58H104O6/c1-4-7-10-13-16-19-21-23-25-27-29-31-32-34-36-39-42-45-48-51-57(60)63-54-55(53-62-56(59)50-47-44-41-38-18-15-12-9-6-3)64-58(61)52-49-46-43-40-37-35-33-30-28-26-24-22-20-17-14-11-8-5-2/h22,24,26,28,30,33,38,41,55H,4-21,23,25,27,29,31-32,34-37,39-40,42-54H2,1-3H3/b24-22-,28-26-,33-30-,41-38-. The number of unbranched alkanes of at least 4 members (excludes halogenated alkanes) is 33. The molecule has 0 aliphatic heterocycles. The predicted octanol–water partition coefficient (Wildman–Crippen LogP) is 18.3. The summed E-state index contributed by atoms with van der Waals surface area (Å²) in [5.41, 5.74) is 0. The first-order valence-electron chi connectivity index (χ1n) is 27.7. The van der Waals surface area contributed by atoms with Gasteiger partial charge in [0.25, 0.3) is 0 Å². The van der Waals surface area contributed by atoms with Crippen molar-refractivity contribution in [3.63, 3.8) is 0 Å². The lowest BCUT2D eigenvalue weighted by Crippen LogP contribution is -2.30. The molecule has 6 heteroatoms. The van der Waals surface area contributed by atoms with Gasteiger partial charge in [0.05, 0.1) is 0 Å². The zero-order chi connectivity index (χ0) is 46.5. The minimum absolute atomic E-state index is 0.0874. The second kappa shape index (κ2) is 53.0. The van der Waals surface area contributed by atoms with Gasteiger partial charge in [-0.2, -0.15) is 0 Å². The second-order valence-corrected chi connectivity index (χ2v) is 18.6. The first kappa shape index (κ1) is 61.4. The van der Waals surface area contributed by atoms with Crippen molar-refractivity contribution in [2.75, 3.05) is 13.2 Å². The molecule has 0 amide bonds. The van der Waals surface area contributed by atoms with E-state index in [1.165, 1.54) is 167 Å². The Kier molecular flexibility index (Phi) is 50.8. The normalized spacial score (nSPS) is 12.4. The van der Waals surface area contributed by atoms with Crippen molar-refractivity contribution >= 4 is 17.9 Å². The molecular weight excluding hydrogens is 793 g/mol. The molecule has 0 bridgehead atoms. The van der Waals surface area contributed by atoms with Crippen molar-refractivity contribution in [2.45, 2.75) is 290 Å². The maximum atomic E-state index is 12.8. The number of ether oxygens (including phenoxy) is 3. The van der Waals surface area contributed by atoms with Crippen molar-refractivity contribution in [1.82, 2.24) is 0 Å². The molecule has 0 aromatic carbocycles. The summed E-state index contributed by atoms with van der Waals surface area (Å²) >= 11 is 0. The number of carbonyl (C=O) groups is 3. The number of hydrogen-bond donors (Lipinski definition) is 0. The van der Waals surface area contributed by atoms with Crippen LogP contribution >= 0.6 is 0 Å². The monoisotopic (exact) mass is 897 g/mol. The molecular formula is C58H104O6. The molecule has 0 saturated heterocycles. The number of rotatable bonds is 50. The van der Waals surface area contributed by atoms with E-state index < -0.39 is 6.10 Å². The van der Waals surface area contributed by atoms with Gasteiger partial charge in [0, 0.05) is 19.3 Å². The zero-order valence-corrected chi connectivity index (χ0v) is 42.6. The number of carbonyl (C=O) groups excluding carboxylic acids is 3. The topological polar surface area (TPSA) is 78.9 Å². The van der Waals surface area contributed by atoms with Crippen molar-refractivity contribution in [2.24, 2.45) is 0 Å². The van der Waals surface area contributed by atoms with Crippen LogP contribution in [0.5, 0.6) is 0 Å². The lowest BCUT2D eigenvalue weighted by atomic mass is 10.0. The molecule has 0 N–H and O–H groups in total. The highest BCUT2D eigenvalue weighted by molar-refractivity contribution is 5.71. The Morgan fingerprint density at radius 3 is 0.984 bits per heavy atom. The summed E-state index contributed by atoms with van der Waals surface area (Å²) in [6.45, 7) is 6.57. The summed E-state index contributed by atoms with van der Waals surface area (Å²) in [6.07, 6.45) is 64.0. The summed E-state index contributed by atoms with van der Waals surface area (Å²) in [6, 6.07) is 0. The van der Waals surface area contributed by atoms with Gasteiger partial charge in [0.2, 0.25) is 0 Å². The van der Waals surface area contributed by atoms with Crippen molar-refractivity contribution in [1.29, 1.82) is 0 Å². The predicted molar refractivity (Wildman–Crippen MR) is 275 cm³/mol. The van der Waals surface area contributed by atoms with Crippen molar-refractivity contribution < 1.29 is 28.6 Å². The number of esters is 3. The highest BCUT2D eigenvalue weighted by Crippen LogP contribution is 2.16. The molecule has 0 aromatic rings. The highest BCUT2D eigenvalue weighted by atomic mass is 16.6. The van der Waals surface area contributed by atoms with Crippen LogP contribution in [0.1, 0.15) is 284 Å². The van der Waals surface area contributed by atoms with Crippen LogP contribution in [0.2, 0.25) is 0 Å². The summed E-state index contributed by atoms with van der Waals surface area (Å²) in [5.74, 6) is -0.934. The van der Waals surface area contributed by atoms with Gasteiger partial charge in [0.15, 0.2) is 6.10 Å². The molecule has 1 unspecified atom stereocenters. The van der Waals surface area contributed by atoms with Crippen LogP contribution in [0, 0.1) is 0 Å². The molecule has 6 nitrogen and oxygen atoms in total. The second-order valence-electron chi connectivity index (χ2n) is 18.6. The van der Waals surface area contributed by atoms with Crippen LogP contribution in [0.25, 0.3) is 0 Å². The van der Waals surface area contributed by atoms with Gasteiger partial charge in [-0.3, -0.25) is 14.4 Å². The van der Waals surface area contributed by atoms with Crippen LogP contribution in [0.4, 0.5) is 0 Å². The minimum atomic E-state index is -0.791. The van der Waals surface area contributed by atoms with Gasteiger partial charge in [-0.1, -0.05) is 249 Å². The van der Waals surface area contributed by atoms with Gasteiger partial charge in [0.1, 0.15) is 13.2 Å². The van der Waals surface area contributed by atoms with Gasteiger partial charge in [-0.25, -0.2) is 0 Å². The summed E-state index contributed by atoms with van der Waals surface area (Å²) in [7, 11) is 0. The van der Waals surface area contributed by atoms with Crippen LogP contribution in [0.15, 0.2) is 48.6 Å². The van der Waals surface area contributed by atoms with E-state index in [1.807, 2.05) is 0 Å². The fourth-order valence-electron chi connectivity index (χ4n) is 7.92. The maximum Gasteiger partial charge on any atom is 0.306 e. The van der Waals surface area contributed by atoms with E-state index in [-0.39, 0.29) is 31.1 Å². The van der Waals surface area contributed by atoms with E-state index >= 15 is 0 Å². The van der Waals surface area contributed by atoms with Gasteiger partial charge in [-0.05, 0) is 64.2 Å². The molecule has 0 spiro atoms. The van der Waals surface area contributed by atoms with E-state index in [0.29, 0.717) is 25.7 Å². The first-order valence-corrected chi connectivity index (χ1v) is 27.7. The Balaban J connectivity index is 4.32. The van der Waals surface area contributed by atoms with Crippen LogP contribution in [0.3, 0.4) is 0 Å². The quantitative estimate of drug-likeness (QED) is 0.0199. The Hall–Kier alpha value is -2.63. The molecule has 0 saturated carbocycles. The van der Waals surface area contributed by atoms with Gasteiger partial charge >= 0.3 is 17.9 Å². The van der Waals surface area contributed by atoms with E-state index in [4.69, 9.17) is 14.2 Å². The molecule has 64 heavy (non-hydrogen) atoms. The molecule has 0 aliphatic rings. The average molecular weight is 897 g/mol. The number of allylic oxidation sites excluding steroid dienone is 8. The minimum Gasteiger partial charge on any atom is -0.462 e. The maximum absolute atomic E-state index is 12.8. The molecule has 0 rings (SSSR count). The molecule has 0 radical (unpaired) electrons. The smallest absolute Gasteiger partial charge is 0.306 e. The van der Waals surface area contributed by atoms with E-state index in [0.717, 1.165) is 70.6 Å². The van der Waals surface area contributed by atoms with Crippen LogP contribution in [-0.2, 0) is 28.6 Å². The molecule has 0 aromatic heterocycles. The molecule has 0 fully saturated rings. The highest BCUT2D eigenvalue weighted by Gasteiger charge is 2.19. The Bertz CT molecular complexity index is 1120. The largest absolute Gasteiger partial charge is 0.462 e. The van der Waals surface area contributed by atoms with E-state index in [9.17, 15) is 14.4 Å². The van der Waals surface area contributed by atoms with Crippen molar-refractivity contribution in [3.05, 3.63) is 48.6 Å². The van der Waals surface area contributed by atoms with E-state index in [1.54, 1.807) is 0 Å². The Morgan fingerprint density at radius 2 is 0.594 bits per heavy atom. The van der Waals surface area contributed by atoms with Crippen LogP contribution < -0.4 is 0 Å². The third-order valence-corrected chi connectivity index (χ3v) is 12.1. The Morgan fingerprint density at radius 1 is 0.312 bits per heavy atom. The van der Waals surface area contributed by atoms with Gasteiger partial charge in [-0.15, -0.1) is 0 Å². The first-order chi connectivity index (χ1) is 31.5. The Labute approximate surface area is 397 Å². The lowest BCUT2D eigenvalue weighted by molar-refractivity contribution is -0.167. The van der Waals surface area contributed by atoms with Crippen LogP contribution in [-0.4, -0.2) is 37.2 Å². The molecule has 0 aliphatic carbocycles. The summed E-state index contributed by atoms with van der Waals surface area (Å²) in [5, 5.41) is 0. The number of hydrogen-bond acceptors (Lipinski definition) is 6. The zero-order valence-electron chi connectivity index (χ0n) is 42.6. The SMILES string of the molecule is CCCCCC/C=C\CCCC(=O)OCC(COC(=O)CCCCCCCCCCCCCCCCCCCCC)OC(=O)CCCCCCC\C=C/C=C\C=C/CCCCCCC. The molecule has 1 atom stereocenters. The van der Waals surface area contributed by atoms with Crippen molar-refractivity contribution in [3.8, 4) is 0 Å².